The Morgan fingerprint density at radius 1 is 1.27 bits per heavy atom. The van der Waals surface area contributed by atoms with Crippen molar-refractivity contribution in [3.63, 3.8) is 0 Å². The maximum atomic E-state index is 5.74. The van der Waals surface area contributed by atoms with Crippen molar-refractivity contribution in [3.8, 4) is 11.5 Å². The van der Waals surface area contributed by atoms with Gasteiger partial charge in [0.05, 0.1) is 19.4 Å². The molecule has 0 unspecified atom stereocenters. The molecule has 15 heavy (non-hydrogen) atoms. The third-order valence-corrected chi connectivity index (χ3v) is 1.91. The lowest BCUT2D eigenvalue weighted by atomic mass is 10.3. The number of nitrogen functional groups attached to an aromatic ring is 1. The van der Waals surface area contributed by atoms with Crippen LogP contribution < -0.4 is 15.2 Å². The van der Waals surface area contributed by atoms with Gasteiger partial charge in [0.15, 0.2) is 0 Å². The summed E-state index contributed by atoms with van der Waals surface area (Å²) < 4.78 is 15.7. The van der Waals surface area contributed by atoms with Gasteiger partial charge >= 0.3 is 0 Å². The quantitative estimate of drug-likeness (QED) is 0.574. The van der Waals surface area contributed by atoms with Crippen molar-refractivity contribution in [3.05, 3.63) is 18.2 Å². The Bertz CT molecular complexity index is 302. The second-order valence-electron chi connectivity index (χ2n) is 2.95. The first kappa shape index (κ1) is 11.7. The van der Waals surface area contributed by atoms with Gasteiger partial charge in [-0.05, 0) is 19.1 Å². The highest BCUT2D eigenvalue weighted by Crippen LogP contribution is 2.26. The van der Waals surface area contributed by atoms with Crippen LogP contribution in [0.5, 0.6) is 11.5 Å². The van der Waals surface area contributed by atoms with Gasteiger partial charge in [0.2, 0.25) is 0 Å². The summed E-state index contributed by atoms with van der Waals surface area (Å²) in [6.07, 6.45) is 0. The summed E-state index contributed by atoms with van der Waals surface area (Å²) in [5.74, 6) is 1.37. The van der Waals surface area contributed by atoms with Crippen molar-refractivity contribution >= 4 is 5.69 Å². The van der Waals surface area contributed by atoms with Crippen molar-refractivity contribution < 1.29 is 14.2 Å². The van der Waals surface area contributed by atoms with E-state index >= 15 is 0 Å². The van der Waals surface area contributed by atoms with Gasteiger partial charge in [-0.25, -0.2) is 0 Å². The Hall–Kier alpha value is -1.42. The monoisotopic (exact) mass is 211 g/mol. The zero-order valence-electron chi connectivity index (χ0n) is 9.16. The van der Waals surface area contributed by atoms with Crippen LogP contribution in [0.2, 0.25) is 0 Å². The zero-order chi connectivity index (χ0) is 11.1. The van der Waals surface area contributed by atoms with E-state index in [1.165, 1.54) is 0 Å². The van der Waals surface area contributed by atoms with Crippen molar-refractivity contribution in [2.75, 3.05) is 32.7 Å². The van der Waals surface area contributed by atoms with E-state index in [0.29, 0.717) is 31.3 Å². The van der Waals surface area contributed by atoms with E-state index < -0.39 is 0 Å². The molecule has 1 aromatic rings. The first-order valence-electron chi connectivity index (χ1n) is 4.92. The van der Waals surface area contributed by atoms with Crippen LogP contribution in [0.25, 0.3) is 0 Å². The molecule has 1 aromatic carbocycles. The molecule has 4 nitrogen and oxygen atoms in total. The van der Waals surface area contributed by atoms with E-state index in [4.69, 9.17) is 19.9 Å². The first-order valence-corrected chi connectivity index (χ1v) is 4.92. The molecule has 0 aliphatic rings. The van der Waals surface area contributed by atoms with Crippen LogP contribution in [-0.2, 0) is 4.74 Å². The largest absolute Gasteiger partial charge is 0.497 e. The number of benzene rings is 1. The lowest BCUT2D eigenvalue weighted by molar-refractivity contribution is 0.110. The fourth-order valence-electron chi connectivity index (χ4n) is 1.12. The van der Waals surface area contributed by atoms with Crippen LogP contribution in [0.15, 0.2) is 18.2 Å². The fraction of sp³-hybridized carbons (Fsp3) is 0.455. The molecular weight excluding hydrogens is 194 g/mol. The minimum Gasteiger partial charge on any atom is -0.497 e. The third-order valence-electron chi connectivity index (χ3n) is 1.91. The van der Waals surface area contributed by atoms with Gasteiger partial charge in [0.1, 0.15) is 18.1 Å². The Morgan fingerprint density at radius 3 is 2.73 bits per heavy atom. The Balaban J connectivity index is 2.51. The molecule has 84 valence electrons. The fourth-order valence-corrected chi connectivity index (χ4v) is 1.12. The van der Waals surface area contributed by atoms with Crippen LogP contribution in [-0.4, -0.2) is 26.9 Å². The van der Waals surface area contributed by atoms with Gasteiger partial charge in [-0.3, -0.25) is 0 Å². The molecule has 0 aromatic heterocycles. The molecule has 0 bridgehead atoms. The van der Waals surface area contributed by atoms with Crippen molar-refractivity contribution in [1.29, 1.82) is 0 Å². The Kier molecular flexibility index (Phi) is 4.77. The third kappa shape index (κ3) is 3.67. The number of nitrogens with two attached hydrogens (primary N) is 1. The van der Waals surface area contributed by atoms with Gasteiger partial charge in [-0.1, -0.05) is 0 Å². The summed E-state index contributed by atoms with van der Waals surface area (Å²) in [4.78, 5) is 0. The predicted octanol–water partition coefficient (Wildman–Crippen LogP) is 1.69. The minimum absolute atomic E-state index is 0.491. The Morgan fingerprint density at radius 2 is 2.07 bits per heavy atom. The zero-order valence-corrected chi connectivity index (χ0v) is 9.16. The van der Waals surface area contributed by atoms with Crippen molar-refractivity contribution in [2.24, 2.45) is 0 Å². The molecule has 0 saturated carbocycles. The smallest absolute Gasteiger partial charge is 0.145 e. The number of hydrogen-bond acceptors (Lipinski definition) is 4. The molecular formula is C11H17NO3. The lowest BCUT2D eigenvalue weighted by Crippen LogP contribution is -2.07. The molecule has 0 amide bonds. The number of anilines is 1. The van der Waals surface area contributed by atoms with Crippen LogP contribution in [0, 0.1) is 0 Å². The molecule has 0 radical (unpaired) electrons. The summed E-state index contributed by atoms with van der Waals surface area (Å²) in [5.41, 5.74) is 6.34. The molecule has 4 heteroatoms. The summed E-state index contributed by atoms with van der Waals surface area (Å²) in [5, 5.41) is 0. The number of methoxy groups -OCH3 is 1. The van der Waals surface area contributed by atoms with E-state index in [2.05, 4.69) is 0 Å². The topological polar surface area (TPSA) is 53.7 Å². The first-order chi connectivity index (χ1) is 7.27. The molecule has 0 spiro atoms. The Labute approximate surface area is 89.9 Å². The molecule has 0 aliphatic carbocycles. The molecule has 0 atom stereocenters. The highest BCUT2D eigenvalue weighted by Gasteiger charge is 2.02. The standard InChI is InChI=1S/C11H17NO3/c1-3-14-6-7-15-11-8-9(13-2)4-5-10(11)12/h4-5,8H,3,6-7,12H2,1-2H3. The van der Waals surface area contributed by atoms with Gasteiger partial charge in [0.25, 0.3) is 0 Å². The van der Waals surface area contributed by atoms with Gasteiger partial charge in [-0.2, -0.15) is 0 Å². The van der Waals surface area contributed by atoms with Crippen LogP contribution >= 0.6 is 0 Å². The van der Waals surface area contributed by atoms with E-state index in [-0.39, 0.29) is 0 Å². The number of hydrogen-bond donors (Lipinski definition) is 1. The van der Waals surface area contributed by atoms with Gasteiger partial charge < -0.3 is 19.9 Å². The molecule has 0 aliphatic heterocycles. The maximum absolute atomic E-state index is 5.74. The summed E-state index contributed by atoms with van der Waals surface area (Å²) >= 11 is 0. The molecule has 0 saturated heterocycles. The van der Waals surface area contributed by atoms with E-state index in [0.717, 1.165) is 5.75 Å². The van der Waals surface area contributed by atoms with Crippen LogP contribution in [0.4, 0.5) is 5.69 Å². The second kappa shape index (κ2) is 6.14. The average molecular weight is 211 g/mol. The number of ether oxygens (including phenoxy) is 3. The van der Waals surface area contributed by atoms with Crippen molar-refractivity contribution in [2.45, 2.75) is 6.92 Å². The van der Waals surface area contributed by atoms with Crippen LogP contribution in [0.3, 0.4) is 0 Å². The molecule has 2 N–H and O–H groups in total. The van der Waals surface area contributed by atoms with Gasteiger partial charge in [0, 0.05) is 12.7 Å². The van der Waals surface area contributed by atoms with E-state index in [1.54, 1.807) is 25.3 Å². The average Bonchev–Trinajstić information content (AvgIpc) is 2.26. The summed E-state index contributed by atoms with van der Waals surface area (Å²) in [7, 11) is 1.61. The maximum Gasteiger partial charge on any atom is 0.145 e. The highest BCUT2D eigenvalue weighted by molar-refractivity contribution is 5.55. The molecule has 0 heterocycles. The minimum atomic E-state index is 0.491. The second-order valence-corrected chi connectivity index (χ2v) is 2.95. The normalized spacial score (nSPS) is 10.0. The highest BCUT2D eigenvalue weighted by atomic mass is 16.5. The molecule has 1 rings (SSSR count). The molecule has 0 fully saturated rings. The van der Waals surface area contributed by atoms with Gasteiger partial charge in [-0.15, -0.1) is 0 Å². The van der Waals surface area contributed by atoms with E-state index in [1.807, 2.05) is 6.92 Å². The van der Waals surface area contributed by atoms with E-state index in [9.17, 15) is 0 Å². The lowest BCUT2D eigenvalue weighted by Gasteiger charge is -2.10. The number of rotatable bonds is 6. The van der Waals surface area contributed by atoms with Crippen LogP contribution in [0.1, 0.15) is 6.92 Å². The summed E-state index contributed by atoms with van der Waals surface area (Å²) in [6.45, 7) is 3.69. The predicted molar refractivity (Wildman–Crippen MR) is 59.4 cm³/mol. The SMILES string of the molecule is CCOCCOc1cc(OC)ccc1N. The van der Waals surface area contributed by atoms with Crippen molar-refractivity contribution in [1.82, 2.24) is 0 Å². The summed E-state index contributed by atoms with van der Waals surface area (Å²) in [6, 6.07) is 5.32.